The summed E-state index contributed by atoms with van der Waals surface area (Å²) >= 11 is 0. The summed E-state index contributed by atoms with van der Waals surface area (Å²) in [5.74, 6) is -0.604. The Balaban J connectivity index is 1.66. The standard InChI is InChI=1S/C24H29N3O4/c1-4-24(2,3)15-9-10-19-17(13-15)21(16-7-5-6-8-18(16)26-19)22(29)31-14-20(28)27-12-11-25-23(27)30/h5-8,15H,4,9-14H2,1-3H3,(H,25,30)/t15-/m1/s1. The van der Waals surface area contributed by atoms with Gasteiger partial charge >= 0.3 is 12.0 Å². The van der Waals surface area contributed by atoms with Crippen molar-refractivity contribution in [2.45, 2.75) is 46.5 Å². The van der Waals surface area contributed by atoms with Crippen LogP contribution >= 0.6 is 0 Å². The number of aryl methyl sites for hydroxylation is 1. The van der Waals surface area contributed by atoms with E-state index in [1.54, 1.807) is 0 Å². The molecule has 1 aromatic carbocycles. The summed E-state index contributed by atoms with van der Waals surface area (Å²) in [4.78, 5) is 43.2. The number of urea groups is 1. The third kappa shape index (κ3) is 4.01. The largest absolute Gasteiger partial charge is 0.452 e. The van der Waals surface area contributed by atoms with Gasteiger partial charge in [-0.3, -0.25) is 14.7 Å². The molecule has 0 unspecified atom stereocenters. The summed E-state index contributed by atoms with van der Waals surface area (Å²) < 4.78 is 5.43. The Labute approximate surface area is 182 Å². The monoisotopic (exact) mass is 423 g/mol. The number of esters is 1. The van der Waals surface area contributed by atoms with Gasteiger partial charge in [0.15, 0.2) is 6.61 Å². The fourth-order valence-electron chi connectivity index (χ4n) is 4.56. The van der Waals surface area contributed by atoms with E-state index in [1.807, 2.05) is 24.3 Å². The van der Waals surface area contributed by atoms with Crippen LogP contribution in [0.15, 0.2) is 24.3 Å². The molecule has 4 rings (SSSR count). The van der Waals surface area contributed by atoms with Crippen LogP contribution in [0.1, 0.15) is 55.2 Å². The molecule has 164 valence electrons. The van der Waals surface area contributed by atoms with E-state index in [9.17, 15) is 14.4 Å². The number of carbonyl (C=O) groups is 3. The van der Waals surface area contributed by atoms with E-state index in [-0.39, 0.29) is 12.0 Å². The van der Waals surface area contributed by atoms with E-state index in [2.05, 4.69) is 26.1 Å². The summed E-state index contributed by atoms with van der Waals surface area (Å²) in [6.45, 7) is 6.99. The minimum Gasteiger partial charge on any atom is -0.452 e. The number of nitrogens with zero attached hydrogens (tertiary/aromatic N) is 2. The molecule has 31 heavy (non-hydrogen) atoms. The number of para-hydroxylation sites is 1. The minimum absolute atomic E-state index is 0.156. The molecule has 1 saturated heterocycles. The van der Waals surface area contributed by atoms with E-state index in [0.29, 0.717) is 18.0 Å². The van der Waals surface area contributed by atoms with E-state index < -0.39 is 24.5 Å². The molecule has 2 heterocycles. The summed E-state index contributed by atoms with van der Waals surface area (Å²) in [5.41, 5.74) is 3.30. The molecule has 1 aliphatic carbocycles. The van der Waals surface area contributed by atoms with Gasteiger partial charge in [0.25, 0.3) is 5.91 Å². The van der Waals surface area contributed by atoms with Crippen LogP contribution in [0, 0.1) is 11.3 Å². The molecule has 3 amide bonds. The number of fused-ring (bicyclic) bond motifs is 2. The number of pyridine rings is 1. The fraction of sp³-hybridized carbons (Fsp3) is 0.500. The first-order valence-corrected chi connectivity index (χ1v) is 11.0. The Morgan fingerprint density at radius 3 is 2.77 bits per heavy atom. The van der Waals surface area contributed by atoms with Gasteiger partial charge < -0.3 is 10.1 Å². The lowest BCUT2D eigenvalue weighted by Crippen LogP contribution is -2.37. The topological polar surface area (TPSA) is 88.6 Å². The summed E-state index contributed by atoms with van der Waals surface area (Å²) in [6, 6.07) is 7.11. The number of aromatic nitrogens is 1. The number of hydrogen-bond acceptors (Lipinski definition) is 5. The Morgan fingerprint density at radius 2 is 2.06 bits per heavy atom. The quantitative estimate of drug-likeness (QED) is 0.744. The normalized spacial score (nSPS) is 18.6. The molecule has 0 bridgehead atoms. The second kappa shape index (κ2) is 8.29. The molecule has 0 radical (unpaired) electrons. The smallest absolute Gasteiger partial charge is 0.339 e. The van der Waals surface area contributed by atoms with Crippen molar-refractivity contribution >= 4 is 28.8 Å². The van der Waals surface area contributed by atoms with Gasteiger partial charge in [0.05, 0.1) is 11.1 Å². The van der Waals surface area contributed by atoms with Gasteiger partial charge in [-0.15, -0.1) is 0 Å². The van der Waals surface area contributed by atoms with Crippen LogP contribution in [0.2, 0.25) is 0 Å². The van der Waals surface area contributed by atoms with Gasteiger partial charge in [0, 0.05) is 24.2 Å². The SMILES string of the molecule is CCC(C)(C)[C@@H]1CCc2nc3ccccc3c(C(=O)OCC(=O)N3CCNC3=O)c2C1. The van der Waals surface area contributed by atoms with Crippen LogP contribution < -0.4 is 5.32 Å². The Kier molecular flexibility index (Phi) is 5.69. The summed E-state index contributed by atoms with van der Waals surface area (Å²) in [7, 11) is 0. The number of benzene rings is 1. The zero-order valence-electron chi connectivity index (χ0n) is 18.4. The third-order valence-electron chi connectivity index (χ3n) is 6.96. The first kappa shape index (κ1) is 21.3. The molecular weight excluding hydrogens is 394 g/mol. The van der Waals surface area contributed by atoms with Gasteiger partial charge in [-0.1, -0.05) is 45.4 Å². The number of amides is 3. The molecule has 1 atom stereocenters. The Bertz CT molecular complexity index is 1050. The van der Waals surface area contributed by atoms with Crippen molar-refractivity contribution < 1.29 is 19.1 Å². The van der Waals surface area contributed by atoms with E-state index in [0.717, 1.165) is 52.7 Å². The van der Waals surface area contributed by atoms with Crippen molar-refractivity contribution in [2.75, 3.05) is 19.7 Å². The van der Waals surface area contributed by atoms with Crippen LogP contribution in [0.3, 0.4) is 0 Å². The second-order valence-electron chi connectivity index (χ2n) is 9.06. The maximum atomic E-state index is 13.2. The Hall–Kier alpha value is -2.96. The van der Waals surface area contributed by atoms with Crippen molar-refractivity contribution in [2.24, 2.45) is 11.3 Å². The van der Waals surface area contributed by atoms with Gasteiger partial charge in [0.2, 0.25) is 0 Å². The van der Waals surface area contributed by atoms with Crippen LogP contribution in [-0.4, -0.2) is 47.5 Å². The molecule has 7 nitrogen and oxygen atoms in total. The lowest BCUT2D eigenvalue weighted by molar-refractivity contribution is -0.130. The number of imide groups is 1. The molecule has 2 aromatic rings. The van der Waals surface area contributed by atoms with E-state index >= 15 is 0 Å². The number of carbonyl (C=O) groups excluding carboxylic acids is 3. The molecule has 1 aromatic heterocycles. The van der Waals surface area contributed by atoms with Crippen molar-refractivity contribution in [3.05, 3.63) is 41.1 Å². The predicted molar refractivity (Wildman–Crippen MR) is 117 cm³/mol. The average Bonchev–Trinajstić information content (AvgIpc) is 3.21. The molecule has 1 N–H and O–H groups in total. The number of hydrogen-bond donors (Lipinski definition) is 1. The van der Waals surface area contributed by atoms with Gasteiger partial charge in [-0.25, -0.2) is 9.59 Å². The highest BCUT2D eigenvalue weighted by Gasteiger charge is 2.35. The first-order chi connectivity index (χ1) is 14.8. The highest BCUT2D eigenvalue weighted by molar-refractivity contribution is 6.06. The van der Waals surface area contributed by atoms with Crippen LogP contribution in [-0.2, 0) is 22.4 Å². The average molecular weight is 424 g/mol. The molecule has 1 fully saturated rings. The molecular formula is C24H29N3O4. The minimum atomic E-state index is -0.530. The van der Waals surface area contributed by atoms with Crippen molar-refractivity contribution in [3.63, 3.8) is 0 Å². The van der Waals surface area contributed by atoms with Crippen LogP contribution in [0.25, 0.3) is 10.9 Å². The zero-order chi connectivity index (χ0) is 22.2. The van der Waals surface area contributed by atoms with Crippen LogP contribution in [0.5, 0.6) is 0 Å². The molecule has 0 spiro atoms. The maximum absolute atomic E-state index is 13.2. The predicted octanol–water partition coefficient (Wildman–Crippen LogP) is 3.48. The number of rotatable bonds is 5. The van der Waals surface area contributed by atoms with Gasteiger partial charge in [-0.2, -0.15) is 0 Å². The van der Waals surface area contributed by atoms with Crippen molar-refractivity contribution in [3.8, 4) is 0 Å². The van der Waals surface area contributed by atoms with Crippen molar-refractivity contribution in [1.29, 1.82) is 0 Å². The highest BCUT2D eigenvalue weighted by Crippen LogP contribution is 2.41. The first-order valence-electron chi connectivity index (χ1n) is 11.0. The second-order valence-corrected chi connectivity index (χ2v) is 9.06. The number of ether oxygens (including phenoxy) is 1. The molecule has 0 saturated carbocycles. The molecule has 7 heteroatoms. The highest BCUT2D eigenvalue weighted by atomic mass is 16.5. The van der Waals surface area contributed by atoms with E-state index in [4.69, 9.17) is 9.72 Å². The van der Waals surface area contributed by atoms with Crippen LogP contribution in [0.4, 0.5) is 4.79 Å². The lowest BCUT2D eigenvalue weighted by atomic mass is 9.68. The van der Waals surface area contributed by atoms with Gasteiger partial charge in [-0.05, 0) is 42.2 Å². The van der Waals surface area contributed by atoms with E-state index in [1.165, 1.54) is 0 Å². The Morgan fingerprint density at radius 1 is 1.29 bits per heavy atom. The molecule has 2 aliphatic rings. The lowest BCUT2D eigenvalue weighted by Gasteiger charge is -2.37. The van der Waals surface area contributed by atoms with Crippen molar-refractivity contribution in [1.82, 2.24) is 15.2 Å². The maximum Gasteiger partial charge on any atom is 0.339 e. The van der Waals surface area contributed by atoms with Gasteiger partial charge in [0.1, 0.15) is 0 Å². The fourth-order valence-corrected chi connectivity index (χ4v) is 4.56. The zero-order valence-corrected chi connectivity index (χ0v) is 18.4. The summed E-state index contributed by atoms with van der Waals surface area (Å²) in [5, 5.41) is 3.32. The number of nitrogens with one attached hydrogen (secondary N) is 1. The summed E-state index contributed by atoms with van der Waals surface area (Å²) in [6.07, 6.45) is 3.68. The third-order valence-corrected chi connectivity index (χ3v) is 6.96. The molecule has 1 aliphatic heterocycles.